The average molecular weight is 537 g/mol. The number of hydrogen-bond acceptors (Lipinski definition) is 5. The maximum Gasteiger partial charge on any atom is 0.270 e. The van der Waals surface area contributed by atoms with Gasteiger partial charge >= 0.3 is 0 Å². The van der Waals surface area contributed by atoms with E-state index in [0.717, 1.165) is 11.1 Å². The summed E-state index contributed by atoms with van der Waals surface area (Å²) >= 11 is 24.9. The SMILES string of the molecule is COc1cc(/C=C2\SC(=S)N(c3ccc(Cl)c(Cl)c3)C2=O)ccc1OCc1ccccc1Cl. The zero-order chi connectivity index (χ0) is 23.5. The highest BCUT2D eigenvalue weighted by molar-refractivity contribution is 8.27. The summed E-state index contributed by atoms with van der Waals surface area (Å²) in [5, 5.41) is 1.40. The van der Waals surface area contributed by atoms with Crippen LogP contribution in [0.4, 0.5) is 5.69 Å². The van der Waals surface area contributed by atoms with Gasteiger partial charge in [0.2, 0.25) is 0 Å². The summed E-state index contributed by atoms with van der Waals surface area (Å²) in [4.78, 5) is 15.0. The molecular weight excluding hydrogens is 521 g/mol. The lowest BCUT2D eigenvalue weighted by Gasteiger charge is -2.15. The summed E-state index contributed by atoms with van der Waals surface area (Å²) in [6.07, 6.45) is 1.76. The molecule has 9 heteroatoms. The van der Waals surface area contributed by atoms with Crippen molar-refractivity contribution in [3.63, 3.8) is 0 Å². The Morgan fingerprint density at radius 1 is 0.970 bits per heavy atom. The van der Waals surface area contributed by atoms with Gasteiger partial charge < -0.3 is 9.47 Å². The van der Waals surface area contributed by atoms with Gasteiger partial charge in [-0.2, -0.15) is 0 Å². The summed E-state index contributed by atoms with van der Waals surface area (Å²) < 4.78 is 11.8. The number of nitrogens with zero attached hydrogens (tertiary/aromatic N) is 1. The van der Waals surface area contributed by atoms with Crippen LogP contribution >= 0.6 is 58.8 Å². The minimum absolute atomic E-state index is 0.235. The van der Waals surface area contributed by atoms with Gasteiger partial charge in [0.15, 0.2) is 15.8 Å². The number of carbonyl (C=O) groups excluding carboxylic acids is 1. The molecule has 0 atom stereocenters. The third kappa shape index (κ3) is 5.31. The molecule has 168 valence electrons. The molecule has 0 bridgehead atoms. The molecular formula is C24H16Cl3NO3S2. The summed E-state index contributed by atoms with van der Waals surface area (Å²) in [7, 11) is 1.56. The van der Waals surface area contributed by atoms with E-state index >= 15 is 0 Å². The summed E-state index contributed by atoms with van der Waals surface area (Å²) in [6, 6.07) is 17.9. The second-order valence-electron chi connectivity index (χ2n) is 6.91. The molecule has 0 unspecified atom stereocenters. The Hall–Kier alpha value is -2.22. The lowest BCUT2D eigenvalue weighted by atomic mass is 10.1. The van der Waals surface area contributed by atoms with Gasteiger partial charge in [-0.3, -0.25) is 9.69 Å². The fourth-order valence-electron chi connectivity index (χ4n) is 3.13. The lowest BCUT2D eigenvalue weighted by molar-refractivity contribution is -0.113. The minimum Gasteiger partial charge on any atom is -0.493 e. The lowest BCUT2D eigenvalue weighted by Crippen LogP contribution is -2.27. The molecule has 1 aliphatic heterocycles. The number of thiocarbonyl (C=S) groups is 1. The van der Waals surface area contributed by atoms with E-state index in [4.69, 9.17) is 56.5 Å². The van der Waals surface area contributed by atoms with E-state index in [2.05, 4.69) is 0 Å². The molecule has 4 nitrogen and oxygen atoms in total. The van der Waals surface area contributed by atoms with Crippen LogP contribution in [-0.4, -0.2) is 17.3 Å². The largest absolute Gasteiger partial charge is 0.493 e. The predicted molar refractivity (Wildman–Crippen MR) is 141 cm³/mol. The number of halogens is 3. The molecule has 1 amide bonds. The van der Waals surface area contributed by atoms with Crippen molar-refractivity contribution in [1.82, 2.24) is 0 Å². The van der Waals surface area contributed by atoms with Crippen molar-refractivity contribution in [2.45, 2.75) is 6.61 Å². The molecule has 0 saturated carbocycles. The zero-order valence-electron chi connectivity index (χ0n) is 17.2. The van der Waals surface area contributed by atoms with Crippen LogP contribution in [0.15, 0.2) is 65.6 Å². The molecule has 4 rings (SSSR count). The van der Waals surface area contributed by atoms with E-state index in [1.807, 2.05) is 30.3 Å². The monoisotopic (exact) mass is 535 g/mol. The van der Waals surface area contributed by atoms with Crippen molar-refractivity contribution < 1.29 is 14.3 Å². The molecule has 1 aliphatic rings. The van der Waals surface area contributed by atoms with Gasteiger partial charge in [0.1, 0.15) is 6.61 Å². The average Bonchev–Trinajstić information content (AvgIpc) is 3.08. The Bertz CT molecular complexity index is 1280. The van der Waals surface area contributed by atoms with E-state index in [1.54, 1.807) is 43.5 Å². The van der Waals surface area contributed by atoms with E-state index < -0.39 is 0 Å². The standard InChI is InChI=1S/C24H16Cl3NO3S2/c1-30-21-10-14(6-9-20(21)31-13-15-4-2-3-5-17(15)25)11-22-23(29)28(24(32)33-22)16-7-8-18(26)19(27)12-16/h2-12H,13H2,1H3/b22-11-. The van der Waals surface area contributed by atoms with Crippen LogP contribution in [0.25, 0.3) is 6.08 Å². The fourth-order valence-corrected chi connectivity index (χ4v) is 4.91. The van der Waals surface area contributed by atoms with E-state index in [0.29, 0.717) is 48.1 Å². The van der Waals surface area contributed by atoms with Crippen LogP contribution in [-0.2, 0) is 11.4 Å². The predicted octanol–water partition coefficient (Wildman–Crippen LogP) is 7.64. The second kappa shape index (κ2) is 10.4. The van der Waals surface area contributed by atoms with Crippen molar-refractivity contribution >= 4 is 80.8 Å². The molecule has 33 heavy (non-hydrogen) atoms. The number of ether oxygens (including phenoxy) is 2. The minimum atomic E-state index is -0.235. The smallest absolute Gasteiger partial charge is 0.270 e. The second-order valence-corrected chi connectivity index (χ2v) is 9.80. The van der Waals surface area contributed by atoms with Gasteiger partial charge in [-0.25, -0.2) is 0 Å². The third-order valence-corrected chi connectivity index (χ3v) is 7.19. The Labute approximate surface area is 216 Å². The first-order valence-electron chi connectivity index (χ1n) is 9.64. The molecule has 3 aromatic rings. The molecule has 0 radical (unpaired) electrons. The Morgan fingerprint density at radius 3 is 2.48 bits per heavy atom. The van der Waals surface area contributed by atoms with Crippen LogP contribution in [0.1, 0.15) is 11.1 Å². The highest BCUT2D eigenvalue weighted by atomic mass is 35.5. The van der Waals surface area contributed by atoms with Crippen molar-refractivity contribution in [2.75, 3.05) is 12.0 Å². The van der Waals surface area contributed by atoms with Gasteiger partial charge in [0.05, 0.1) is 27.7 Å². The van der Waals surface area contributed by atoms with Crippen LogP contribution in [0, 0.1) is 0 Å². The van der Waals surface area contributed by atoms with Crippen LogP contribution in [0.5, 0.6) is 11.5 Å². The number of amides is 1. The fraction of sp³-hybridized carbons (Fsp3) is 0.0833. The highest BCUT2D eigenvalue weighted by Crippen LogP contribution is 2.39. The van der Waals surface area contributed by atoms with Gasteiger partial charge in [-0.05, 0) is 48.0 Å². The number of methoxy groups -OCH3 is 1. The topological polar surface area (TPSA) is 38.8 Å². The molecule has 1 saturated heterocycles. The molecule has 0 N–H and O–H groups in total. The van der Waals surface area contributed by atoms with E-state index in [1.165, 1.54) is 16.7 Å². The quantitative estimate of drug-likeness (QED) is 0.239. The first kappa shape index (κ1) is 23.9. The molecule has 0 spiro atoms. The third-order valence-electron chi connectivity index (χ3n) is 4.78. The Kier molecular flexibility index (Phi) is 7.51. The van der Waals surface area contributed by atoms with Gasteiger partial charge in [0.25, 0.3) is 5.91 Å². The van der Waals surface area contributed by atoms with E-state index in [9.17, 15) is 4.79 Å². The maximum absolute atomic E-state index is 13.0. The van der Waals surface area contributed by atoms with Gasteiger partial charge in [-0.15, -0.1) is 0 Å². The van der Waals surface area contributed by atoms with Gasteiger partial charge in [0, 0.05) is 10.6 Å². The van der Waals surface area contributed by atoms with Crippen molar-refractivity contribution in [3.8, 4) is 11.5 Å². The van der Waals surface area contributed by atoms with Crippen LogP contribution in [0.2, 0.25) is 15.1 Å². The number of benzene rings is 3. The number of thioether (sulfide) groups is 1. The summed E-state index contributed by atoms with van der Waals surface area (Å²) in [6.45, 7) is 0.303. The summed E-state index contributed by atoms with van der Waals surface area (Å²) in [5.74, 6) is 0.870. The van der Waals surface area contributed by atoms with Gasteiger partial charge in [-0.1, -0.05) is 83.0 Å². The zero-order valence-corrected chi connectivity index (χ0v) is 21.1. The molecule has 0 aromatic heterocycles. The van der Waals surface area contributed by atoms with Crippen LogP contribution in [0.3, 0.4) is 0 Å². The maximum atomic E-state index is 13.0. The first-order chi connectivity index (χ1) is 15.9. The number of hydrogen-bond donors (Lipinski definition) is 0. The molecule has 1 fully saturated rings. The normalized spacial score (nSPS) is 14.8. The molecule has 1 heterocycles. The van der Waals surface area contributed by atoms with Crippen molar-refractivity contribution in [2.24, 2.45) is 0 Å². The van der Waals surface area contributed by atoms with Crippen molar-refractivity contribution in [3.05, 3.63) is 91.8 Å². The van der Waals surface area contributed by atoms with Crippen molar-refractivity contribution in [1.29, 1.82) is 0 Å². The first-order valence-corrected chi connectivity index (χ1v) is 12.0. The Morgan fingerprint density at radius 2 is 1.76 bits per heavy atom. The number of rotatable bonds is 6. The Balaban J connectivity index is 1.55. The number of anilines is 1. The van der Waals surface area contributed by atoms with Crippen LogP contribution < -0.4 is 14.4 Å². The van der Waals surface area contributed by atoms with E-state index in [-0.39, 0.29) is 5.91 Å². The summed E-state index contributed by atoms with van der Waals surface area (Å²) in [5.41, 5.74) is 2.21. The number of carbonyl (C=O) groups is 1. The molecule has 3 aromatic carbocycles. The molecule has 0 aliphatic carbocycles. The highest BCUT2D eigenvalue weighted by Gasteiger charge is 2.33.